The zero-order valence-electron chi connectivity index (χ0n) is 12.4. The Hall–Kier alpha value is -3.15. The highest BCUT2D eigenvalue weighted by atomic mass is 16.6. The third-order valence-corrected chi connectivity index (χ3v) is 2.95. The molecule has 6 nitrogen and oxygen atoms in total. The van der Waals surface area contributed by atoms with Gasteiger partial charge in [-0.05, 0) is 37.3 Å². The van der Waals surface area contributed by atoms with Gasteiger partial charge in [0.25, 0.3) is 5.89 Å². The number of carbonyl (C=O) groups is 1. The first-order valence-corrected chi connectivity index (χ1v) is 7.00. The molecule has 0 spiro atoms. The molecule has 0 radical (unpaired) electrons. The Balaban J connectivity index is 1.65. The molecule has 0 saturated heterocycles. The van der Waals surface area contributed by atoms with Crippen LogP contribution in [0.2, 0.25) is 0 Å². The van der Waals surface area contributed by atoms with Gasteiger partial charge < -0.3 is 14.0 Å². The molecule has 3 aromatic rings. The zero-order valence-corrected chi connectivity index (χ0v) is 12.4. The lowest BCUT2D eigenvalue weighted by atomic mass is 10.2. The molecule has 23 heavy (non-hydrogen) atoms. The lowest BCUT2D eigenvalue weighted by Gasteiger charge is -2.07. The molecule has 2 aromatic carbocycles. The fourth-order valence-electron chi connectivity index (χ4n) is 1.92. The number of esters is 1. The van der Waals surface area contributed by atoms with Gasteiger partial charge >= 0.3 is 5.97 Å². The Morgan fingerprint density at radius 3 is 2.61 bits per heavy atom. The molecular weight excluding hydrogens is 296 g/mol. The first-order valence-electron chi connectivity index (χ1n) is 7.00. The van der Waals surface area contributed by atoms with E-state index in [1.807, 2.05) is 30.3 Å². The fourth-order valence-corrected chi connectivity index (χ4v) is 1.92. The first-order chi connectivity index (χ1) is 11.2. The molecule has 0 aliphatic heterocycles. The average Bonchev–Trinajstić information content (AvgIpc) is 2.99. The maximum Gasteiger partial charge on any atom is 0.338 e. The number of para-hydroxylation sites is 1. The smallest absolute Gasteiger partial charge is 0.338 e. The third kappa shape index (κ3) is 3.94. The van der Waals surface area contributed by atoms with Crippen LogP contribution in [0.3, 0.4) is 0 Å². The minimum absolute atomic E-state index is 0.0660. The van der Waals surface area contributed by atoms with Gasteiger partial charge in [0.05, 0.1) is 5.56 Å². The summed E-state index contributed by atoms with van der Waals surface area (Å²) in [4.78, 5) is 16.0. The maximum absolute atomic E-state index is 12.1. The van der Waals surface area contributed by atoms with Crippen LogP contribution in [0.1, 0.15) is 22.1 Å². The van der Waals surface area contributed by atoms with Gasteiger partial charge in [-0.3, -0.25) is 0 Å². The van der Waals surface area contributed by atoms with Crippen molar-refractivity contribution >= 4 is 5.97 Å². The molecule has 0 unspecified atom stereocenters. The number of benzene rings is 2. The van der Waals surface area contributed by atoms with Crippen LogP contribution in [0, 0.1) is 6.92 Å². The lowest BCUT2D eigenvalue weighted by Crippen LogP contribution is -2.05. The quantitative estimate of drug-likeness (QED) is 0.671. The molecule has 0 amide bonds. The maximum atomic E-state index is 12.1. The zero-order chi connectivity index (χ0) is 16.1. The van der Waals surface area contributed by atoms with Crippen molar-refractivity contribution in [3.63, 3.8) is 0 Å². The Bertz CT molecular complexity index is 799. The molecule has 0 aliphatic rings. The van der Waals surface area contributed by atoms with E-state index in [4.69, 9.17) is 14.0 Å². The highest BCUT2D eigenvalue weighted by Crippen LogP contribution is 2.22. The van der Waals surface area contributed by atoms with Crippen molar-refractivity contribution in [2.75, 3.05) is 0 Å². The second kappa shape index (κ2) is 6.74. The van der Waals surface area contributed by atoms with Crippen LogP contribution >= 0.6 is 0 Å². The van der Waals surface area contributed by atoms with Gasteiger partial charge in [0.2, 0.25) is 0 Å². The molecule has 3 rings (SSSR count). The molecule has 1 heterocycles. The van der Waals surface area contributed by atoms with Gasteiger partial charge in [0.15, 0.2) is 12.4 Å². The second-order valence-corrected chi connectivity index (χ2v) is 4.75. The van der Waals surface area contributed by atoms with Gasteiger partial charge in [-0.1, -0.05) is 29.4 Å². The number of carbonyl (C=O) groups excluding carboxylic acids is 1. The van der Waals surface area contributed by atoms with E-state index in [-0.39, 0.29) is 12.5 Å². The van der Waals surface area contributed by atoms with Gasteiger partial charge in [0, 0.05) is 0 Å². The van der Waals surface area contributed by atoms with Crippen LogP contribution in [0.5, 0.6) is 11.5 Å². The van der Waals surface area contributed by atoms with E-state index in [1.54, 1.807) is 31.2 Å². The Kier molecular flexibility index (Phi) is 4.33. The molecule has 6 heteroatoms. The van der Waals surface area contributed by atoms with E-state index < -0.39 is 5.97 Å². The molecule has 116 valence electrons. The largest absolute Gasteiger partial charge is 0.457 e. The number of hydrogen-bond donors (Lipinski definition) is 0. The van der Waals surface area contributed by atoms with Gasteiger partial charge in [-0.2, -0.15) is 4.98 Å². The molecule has 0 fully saturated rings. The number of nitrogens with zero attached hydrogens (tertiary/aromatic N) is 2. The van der Waals surface area contributed by atoms with Gasteiger partial charge in [0.1, 0.15) is 11.5 Å². The van der Waals surface area contributed by atoms with Crippen LogP contribution in [0.25, 0.3) is 0 Å². The van der Waals surface area contributed by atoms with Crippen LogP contribution in [0.4, 0.5) is 0 Å². The number of aromatic nitrogens is 2. The minimum atomic E-state index is -0.487. The molecule has 0 atom stereocenters. The van der Waals surface area contributed by atoms with Crippen LogP contribution < -0.4 is 4.74 Å². The van der Waals surface area contributed by atoms with Crippen molar-refractivity contribution < 1.29 is 18.8 Å². The topological polar surface area (TPSA) is 74.5 Å². The molecule has 0 saturated carbocycles. The van der Waals surface area contributed by atoms with Crippen molar-refractivity contribution in [2.24, 2.45) is 0 Å². The number of rotatable bonds is 5. The van der Waals surface area contributed by atoms with E-state index in [0.29, 0.717) is 22.9 Å². The lowest BCUT2D eigenvalue weighted by molar-refractivity contribution is 0.0429. The summed E-state index contributed by atoms with van der Waals surface area (Å²) in [5.41, 5.74) is 0.384. The van der Waals surface area contributed by atoms with Crippen molar-refractivity contribution in [1.29, 1.82) is 0 Å². The van der Waals surface area contributed by atoms with E-state index in [1.165, 1.54) is 0 Å². The predicted molar refractivity (Wildman–Crippen MR) is 81.1 cm³/mol. The van der Waals surface area contributed by atoms with Gasteiger partial charge in [-0.25, -0.2) is 4.79 Å². The minimum Gasteiger partial charge on any atom is -0.457 e. The Morgan fingerprint density at radius 1 is 1.09 bits per heavy atom. The van der Waals surface area contributed by atoms with Crippen LogP contribution in [-0.4, -0.2) is 16.1 Å². The summed E-state index contributed by atoms with van der Waals surface area (Å²) >= 11 is 0. The van der Waals surface area contributed by atoms with Crippen molar-refractivity contribution in [3.8, 4) is 11.5 Å². The molecule has 0 N–H and O–H groups in total. The second-order valence-electron chi connectivity index (χ2n) is 4.75. The van der Waals surface area contributed by atoms with E-state index in [0.717, 1.165) is 0 Å². The highest BCUT2D eigenvalue weighted by Gasteiger charge is 2.11. The summed E-state index contributed by atoms with van der Waals surface area (Å²) in [5, 5.41) is 3.63. The summed E-state index contributed by atoms with van der Waals surface area (Å²) in [7, 11) is 0. The Labute approximate surface area is 132 Å². The van der Waals surface area contributed by atoms with Crippen molar-refractivity contribution in [1.82, 2.24) is 10.1 Å². The van der Waals surface area contributed by atoms with Gasteiger partial charge in [-0.15, -0.1) is 0 Å². The summed E-state index contributed by atoms with van der Waals surface area (Å²) in [6.45, 7) is 1.63. The molecule has 0 bridgehead atoms. The highest BCUT2D eigenvalue weighted by molar-refractivity contribution is 5.89. The van der Waals surface area contributed by atoms with Crippen molar-refractivity contribution in [3.05, 3.63) is 71.9 Å². The predicted octanol–water partition coefficient (Wildman–Crippen LogP) is 3.53. The monoisotopic (exact) mass is 310 g/mol. The standard InChI is InChI=1S/C17H14N2O4/c1-12-18-16(23-19-12)11-21-17(20)13-6-5-9-15(10-13)22-14-7-3-2-4-8-14/h2-10H,11H2,1H3. The number of ether oxygens (including phenoxy) is 2. The number of hydrogen-bond acceptors (Lipinski definition) is 6. The summed E-state index contributed by atoms with van der Waals surface area (Å²) in [5.74, 6) is 1.51. The summed E-state index contributed by atoms with van der Waals surface area (Å²) in [6, 6.07) is 16.1. The van der Waals surface area contributed by atoms with E-state index >= 15 is 0 Å². The normalized spacial score (nSPS) is 10.3. The van der Waals surface area contributed by atoms with E-state index in [9.17, 15) is 4.79 Å². The number of aryl methyl sites for hydroxylation is 1. The third-order valence-electron chi connectivity index (χ3n) is 2.95. The molecule has 1 aromatic heterocycles. The fraction of sp³-hybridized carbons (Fsp3) is 0.118. The summed E-state index contributed by atoms with van der Waals surface area (Å²) < 4.78 is 15.7. The average molecular weight is 310 g/mol. The summed E-state index contributed by atoms with van der Waals surface area (Å²) in [6.07, 6.45) is 0. The SMILES string of the molecule is Cc1noc(COC(=O)c2cccc(Oc3ccccc3)c2)n1. The first kappa shape index (κ1) is 14.8. The molecular formula is C17H14N2O4. The van der Waals surface area contributed by atoms with Crippen LogP contribution in [-0.2, 0) is 11.3 Å². The van der Waals surface area contributed by atoms with Crippen LogP contribution in [0.15, 0.2) is 59.1 Å². The van der Waals surface area contributed by atoms with E-state index in [2.05, 4.69) is 10.1 Å². The Morgan fingerprint density at radius 2 is 1.87 bits per heavy atom. The van der Waals surface area contributed by atoms with Crippen molar-refractivity contribution in [2.45, 2.75) is 13.5 Å². The molecule has 0 aliphatic carbocycles.